The zero-order valence-corrected chi connectivity index (χ0v) is 25.2. The Morgan fingerprint density at radius 2 is 1.68 bits per heavy atom. The Hall–Kier alpha value is -5.08. The van der Waals surface area contributed by atoms with Gasteiger partial charge in [-0.25, -0.2) is 0 Å². The summed E-state index contributed by atoms with van der Waals surface area (Å²) in [6.45, 7) is 6.43. The SMILES string of the molecule is C=CCC(C)/C(=C\CC1=CC=C1)n1c2c(c3ccccc31)=C1c3ccccc3N(c3cccc(-c4ccccc4)c3)C1CC=2. The summed E-state index contributed by atoms with van der Waals surface area (Å²) in [6, 6.07) is 38.0. The third kappa shape index (κ3) is 4.25. The van der Waals surface area contributed by atoms with Gasteiger partial charge in [-0.1, -0.05) is 122 Å². The van der Waals surface area contributed by atoms with Crippen molar-refractivity contribution in [1.82, 2.24) is 4.57 Å². The molecule has 2 aliphatic carbocycles. The fourth-order valence-corrected chi connectivity index (χ4v) is 7.41. The van der Waals surface area contributed by atoms with E-state index in [4.69, 9.17) is 0 Å². The Morgan fingerprint density at radius 3 is 2.50 bits per heavy atom. The zero-order chi connectivity index (χ0) is 29.6. The van der Waals surface area contributed by atoms with Crippen molar-refractivity contribution >= 4 is 39.6 Å². The number of fused-ring (bicyclic) bond motifs is 6. The average molecular weight is 569 g/mol. The number of allylic oxidation sites excluding steroid dienone is 7. The van der Waals surface area contributed by atoms with Crippen LogP contribution in [-0.4, -0.2) is 10.6 Å². The van der Waals surface area contributed by atoms with Crippen molar-refractivity contribution in [3.63, 3.8) is 0 Å². The molecule has 3 aliphatic rings. The highest BCUT2D eigenvalue weighted by molar-refractivity contribution is 5.98. The lowest BCUT2D eigenvalue weighted by Gasteiger charge is -2.29. The molecule has 0 fully saturated rings. The van der Waals surface area contributed by atoms with E-state index in [0.29, 0.717) is 5.92 Å². The van der Waals surface area contributed by atoms with E-state index in [1.165, 1.54) is 66.4 Å². The van der Waals surface area contributed by atoms with Crippen LogP contribution in [0.3, 0.4) is 0 Å². The summed E-state index contributed by atoms with van der Waals surface area (Å²) in [5.74, 6) is 0.348. The Morgan fingerprint density at radius 1 is 0.909 bits per heavy atom. The quantitative estimate of drug-likeness (QED) is 0.170. The maximum Gasteiger partial charge on any atom is 0.0640 e. The molecule has 0 spiro atoms. The van der Waals surface area contributed by atoms with Crippen LogP contribution >= 0.6 is 0 Å². The zero-order valence-electron chi connectivity index (χ0n) is 25.2. The molecule has 1 aromatic heterocycles. The van der Waals surface area contributed by atoms with Gasteiger partial charge in [0.2, 0.25) is 0 Å². The largest absolute Gasteiger partial charge is 0.333 e. The van der Waals surface area contributed by atoms with Gasteiger partial charge in [-0.3, -0.25) is 0 Å². The normalized spacial score (nSPS) is 17.3. The summed E-state index contributed by atoms with van der Waals surface area (Å²) < 4.78 is 2.56. The molecule has 0 amide bonds. The van der Waals surface area contributed by atoms with Crippen LogP contribution in [-0.2, 0) is 0 Å². The fourth-order valence-electron chi connectivity index (χ4n) is 7.41. The highest BCUT2D eigenvalue weighted by Gasteiger charge is 2.37. The minimum absolute atomic E-state index is 0.230. The number of hydrogen-bond acceptors (Lipinski definition) is 1. The van der Waals surface area contributed by atoms with E-state index < -0.39 is 0 Å². The summed E-state index contributed by atoms with van der Waals surface area (Å²) in [7, 11) is 0. The van der Waals surface area contributed by atoms with Gasteiger partial charge in [-0.05, 0) is 71.7 Å². The van der Waals surface area contributed by atoms with Crippen LogP contribution in [0.4, 0.5) is 11.4 Å². The molecule has 8 rings (SSSR count). The van der Waals surface area contributed by atoms with Gasteiger partial charge in [0.1, 0.15) is 0 Å². The Balaban J connectivity index is 1.36. The molecule has 1 aliphatic heterocycles. The average Bonchev–Trinajstić information content (AvgIpc) is 3.56. The smallest absolute Gasteiger partial charge is 0.0640 e. The third-order valence-electron chi connectivity index (χ3n) is 9.50. The van der Waals surface area contributed by atoms with E-state index >= 15 is 0 Å². The van der Waals surface area contributed by atoms with Crippen LogP contribution in [0.15, 0.2) is 146 Å². The lowest BCUT2D eigenvalue weighted by atomic mass is 9.93. The van der Waals surface area contributed by atoms with Gasteiger partial charge in [-0.15, -0.1) is 6.58 Å². The van der Waals surface area contributed by atoms with Gasteiger partial charge in [0.15, 0.2) is 0 Å². The van der Waals surface area contributed by atoms with Crippen LogP contribution < -0.4 is 15.5 Å². The van der Waals surface area contributed by atoms with E-state index in [-0.39, 0.29) is 6.04 Å². The number of nitrogens with zero attached hydrogens (tertiary/aromatic N) is 2. The summed E-state index contributed by atoms with van der Waals surface area (Å²) in [5.41, 5.74) is 11.8. The molecule has 2 atom stereocenters. The summed E-state index contributed by atoms with van der Waals surface area (Å²) >= 11 is 0. The van der Waals surface area contributed by atoms with E-state index in [2.05, 4.69) is 163 Å². The van der Waals surface area contributed by atoms with Gasteiger partial charge in [-0.2, -0.15) is 0 Å². The second kappa shape index (κ2) is 10.9. The number of hydrogen-bond donors (Lipinski definition) is 0. The molecule has 44 heavy (non-hydrogen) atoms. The maximum absolute atomic E-state index is 4.09. The number of aromatic nitrogens is 1. The van der Waals surface area contributed by atoms with Crippen molar-refractivity contribution in [1.29, 1.82) is 0 Å². The molecule has 2 nitrogen and oxygen atoms in total. The van der Waals surface area contributed by atoms with Crippen molar-refractivity contribution in [2.45, 2.75) is 32.2 Å². The predicted octanol–water partition coefficient (Wildman–Crippen LogP) is 9.15. The highest BCUT2D eigenvalue weighted by atomic mass is 15.2. The molecule has 0 saturated heterocycles. The third-order valence-corrected chi connectivity index (χ3v) is 9.50. The number of rotatable bonds is 8. The molecule has 0 saturated carbocycles. The van der Waals surface area contributed by atoms with E-state index in [9.17, 15) is 0 Å². The van der Waals surface area contributed by atoms with Crippen molar-refractivity contribution < 1.29 is 0 Å². The molecule has 0 bridgehead atoms. The van der Waals surface area contributed by atoms with E-state index in [1.807, 2.05) is 0 Å². The van der Waals surface area contributed by atoms with Crippen LogP contribution in [0.2, 0.25) is 0 Å². The topological polar surface area (TPSA) is 8.17 Å². The van der Waals surface area contributed by atoms with Crippen LogP contribution in [0.25, 0.3) is 39.4 Å². The molecular weight excluding hydrogens is 532 g/mol. The van der Waals surface area contributed by atoms with E-state index in [0.717, 1.165) is 19.3 Å². The summed E-state index contributed by atoms with van der Waals surface area (Å²) in [6.07, 6.45) is 16.4. The lowest BCUT2D eigenvalue weighted by Crippen LogP contribution is -2.40. The highest BCUT2D eigenvalue weighted by Crippen LogP contribution is 2.46. The maximum atomic E-state index is 4.09. The van der Waals surface area contributed by atoms with Crippen molar-refractivity contribution in [3.05, 3.63) is 162 Å². The monoisotopic (exact) mass is 568 g/mol. The van der Waals surface area contributed by atoms with Gasteiger partial charge in [0.05, 0.1) is 16.9 Å². The van der Waals surface area contributed by atoms with Gasteiger partial charge < -0.3 is 9.47 Å². The number of benzene rings is 4. The van der Waals surface area contributed by atoms with Crippen LogP contribution in [0, 0.1) is 5.92 Å². The standard InChI is InChI=1S/C42H36N2/c1-3-13-29(2)36(25-24-30-14-11-15-30)44-38-23-10-8-21-35(38)42-40(44)27-26-39-41(42)34-20-7-9-22-37(34)43(39)33-19-12-18-32(28-33)31-16-5-4-6-17-31/h3-12,14-23,25,27-29,39H,1,13,24,26H2,2H3/b36-25+. The van der Waals surface area contributed by atoms with Crippen molar-refractivity contribution in [2.75, 3.05) is 4.90 Å². The molecule has 5 aromatic rings. The van der Waals surface area contributed by atoms with Gasteiger partial charge >= 0.3 is 0 Å². The molecule has 4 aromatic carbocycles. The Labute approximate surface area is 259 Å². The molecule has 0 N–H and O–H groups in total. The van der Waals surface area contributed by atoms with Crippen LogP contribution in [0.5, 0.6) is 0 Å². The lowest BCUT2D eigenvalue weighted by molar-refractivity contribution is 0.718. The first kappa shape index (κ1) is 26.5. The number of para-hydroxylation sites is 2. The summed E-state index contributed by atoms with van der Waals surface area (Å²) in [4.78, 5) is 2.58. The van der Waals surface area contributed by atoms with Crippen molar-refractivity contribution in [3.8, 4) is 11.1 Å². The van der Waals surface area contributed by atoms with Crippen molar-refractivity contribution in [2.24, 2.45) is 5.92 Å². The molecule has 2 heterocycles. The minimum atomic E-state index is 0.230. The number of anilines is 2. The van der Waals surface area contributed by atoms with Crippen LogP contribution in [0.1, 0.15) is 31.7 Å². The predicted molar refractivity (Wildman–Crippen MR) is 187 cm³/mol. The van der Waals surface area contributed by atoms with E-state index in [1.54, 1.807) is 0 Å². The Kier molecular flexibility index (Phi) is 6.56. The second-order valence-corrected chi connectivity index (χ2v) is 12.1. The first-order valence-corrected chi connectivity index (χ1v) is 15.8. The first-order valence-electron chi connectivity index (χ1n) is 15.8. The van der Waals surface area contributed by atoms with Gasteiger partial charge in [0.25, 0.3) is 0 Å². The molecular formula is C42H36N2. The molecule has 2 unspecified atom stereocenters. The Bertz CT molecular complexity index is 2140. The summed E-state index contributed by atoms with van der Waals surface area (Å²) in [5, 5.41) is 4.03. The minimum Gasteiger partial charge on any atom is -0.333 e. The molecule has 214 valence electrons. The molecule has 0 radical (unpaired) electrons. The second-order valence-electron chi connectivity index (χ2n) is 12.1. The first-order chi connectivity index (χ1) is 21.7. The molecule has 2 heteroatoms. The fraction of sp³-hybridized carbons (Fsp3) is 0.143. The van der Waals surface area contributed by atoms with Gasteiger partial charge in [0, 0.05) is 33.2 Å².